The molecule has 1 saturated heterocycles. The lowest BCUT2D eigenvalue weighted by Crippen LogP contribution is -2.50. The minimum atomic E-state index is -0.0408. The van der Waals surface area contributed by atoms with E-state index in [2.05, 4.69) is 19.2 Å². The summed E-state index contributed by atoms with van der Waals surface area (Å²) in [7, 11) is 3.75. The Kier molecular flexibility index (Phi) is 4.58. The average molecular weight is 392 g/mol. The van der Waals surface area contributed by atoms with E-state index in [-0.39, 0.29) is 35.2 Å². The molecular weight excluding hydrogens is 362 g/mol. The number of aromatic nitrogens is 1. The zero-order valence-corrected chi connectivity index (χ0v) is 17.6. The molecule has 7 heteroatoms. The largest absolute Gasteiger partial charge is 0.461 e. The second kappa shape index (κ2) is 6.55. The van der Waals surface area contributed by atoms with Crippen LogP contribution in [0.25, 0.3) is 0 Å². The number of nitrogens with zero attached hydrogens (tertiary/aromatic N) is 2. The fourth-order valence-electron chi connectivity index (χ4n) is 5.58. The van der Waals surface area contributed by atoms with Crippen molar-refractivity contribution in [1.82, 2.24) is 9.88 Å². The minimum absolute atomic E-state index is 0.00267. The van der Waals surface area contributed by atoms with Gasteiger partial charge >= 0.3 is 5.97 Å². The molecule has 2 fully saturated rings. The highest BCUT2D eigenvalue weighted by atomic mass is 32.1. The quantitative estimate of drug-likeness (QED) is 0.802. The molecular formula is C20H29N3O3S. The Labute approximate surface area is 164 Å². The number of anilines is 1. The van der Waals surface area contributed by atoms with Crippen LogP contribution in [0.3, 0.4) is 0 Å². The Morgan fingerprint density at radius 1 is 1.37 bits per heavy atom. The zero-order valence-electron chi connectivity index (χ0n) is 16.7. The molecule has 0 aromatic carbocycles. The highest BCUT2D eigenvalue weighted by Gasteiger charge is 2.58. The fourth-order valence-corrected chi connectivity index (χ4v) is 6.86. The SMILES string of the molecule is C[C@@H]1C(=O)O[C@@H]2[C@H]1CC[C@]1(C)Cc3sc(NC(=O)CN(C)C)nc3[C@H](C)[C@H]21. The number of esters is 1. The third-order valence-corrected chi connectivity index (χ3v) is 7.85. The van der Waals surface area contributed by atoms with Crippen molar-refractivity contribution in [3.63, 3.8) is 0 Å². The van der Waals surface area contributed by atoms with Gasteiger partial charge in [-0.05, 0) is 38.8 Å². The molecule has 1 N–H and O–H groups in total. The first-order valence-electron chi connectivity index (χ1n) is 9.84. The minimum Gasteiger partial charge on any atom is -0.461 e. The number of carbonyl (C=O) groups is 2. The van der Waals surface area contributed by atoms with E-state index >= 15 is 0 Å². The van der Waals surface area contributed by atoms with Gasteiger partial charge in [-0.3, -0.25) is 9.59 Å². The summed E-state index contributed by atoms with van der Waals surface area (Å²) in [4.78, 5) is 32.2. The van der Waals surface area contributed by atoms with Crippen molar-refractivity contribution in [2.45, 2.75) is 52.1 Å². The van der Waals surface area contributed by atoms with Gasteiger partial charge in [0.1, 0.15) is 6.10 Å². The lowest BCUT2D eigenvalue weighted by molar-refractivity contribution is -0.149. The number of fused-ring (bicyclic) bond motifs is 4. The van der Waals surface area contributed by atoms with E-state index in [0.29, 0.717) is 23.5 Å². The van der Waals surface area contributed by atoms with Gasteiger partial charge in [-0.25, -0.2) is 4.98 Å². The predicted molar refractivity (Wildman–Crippen MR) is 105 cm³/mol. The smallest absolute Gasteiger partial charge is 0.309 e. The van der Waals surface area contributed by atoms with Crippen LogP contribution in [0.4, 0.5) is 5.13 Å². The van der Waals surface area contributed by atoms with Crippen molar-refractivity contribution in [2.24, 2.45) is 23.2 Å². The lowest BCUT2D eigenvalue weighted by atomic mass is 9.54. The molecule has 6 nitrogen and oxygen atoms in total. The van der Waals surface area contributed by atoms with Gasteiger partial charge in [0.05, 0.1) is 18.2 Å². The number of thiazole rings is 1. The van der Waals surface area contributed by atoms with Gasteiger partial charge in [0.15, 0.2) is 5.13 Å². The maximum absolute atomic E-state index is 12.2. The average Bonchev–Trinajstić information content (AvgIpc) is 3.07. The number of amides is 1. The van der Waals surface area contributed by atoms with Gasteiger partial charge in [0.25, 0.3) is 0 Å². The maximum atomic E-state index is 12.2. The van der Waals surface area contributed by atoms with Crippen molar-refractivity contribution < 1.29 is 14.3 Å². The summed E-state index contributed by atoms with van der Waals surface area (Å²) < 4.78 is 5.87. The highest BCUT2D eigenvalue weighted by molar-refractivity contribution is 7.15. The standard InChI is InChI=1S/C20H29N3O3S/c1-10-12-6-7-20(3)8-13-16(11(2)15(20)17(12)26-18(10)25)22-19(27-13)21-14(24)9-23(4)5/h10-12,15,17H,6-9H2,1-5H3,(H,21,22,24)/t10-,11+,12-,15+,17+,20+/m0/s1. The molecule has 1 amide bonds. The van der Waals surface area contributed by atoms with Crippen LogP contribution in [0.5, 0.6) is 0 Å². The van der Waals surface area contributed by atoms with Crippen molar-refractivity contribution in [3.8, 4) is 0 Å². The Hall–Kier alpha value is -1.47. The maximum Gasteiger partial charge on any atom is 0.309 e. The summed E-state index contributed by atoms with van der Waals surface area (Å²) in [6.07, 6.45) is 3.12. The summed E-state index contributed by atoms with van der Waals surface area (Å²) in [5, 5.41) is 3.64. The predicted octanol–water partition coefficient (Wildman–Crippen LogP) is 2.90. The first kappa shape index (κ1) is 18.9. The molecule has 1 aromatic rings. The highest BCUT2D eigenvalue weighted by Crippen LogP contribution is 2.59. The van der Waals surface area contributed by atoms with E-state index in [1.54, 1.807) is 11.3 Å². The molecule has 6 atom stereocenters. The molecule has 1 aromatic heterocycles. The van der Waals surface area contributed by atoms with Crippen LogP contribution < -0.4 is 5.32 Å². The van der Waals surface area contributed by atoms with Crippen LogP contribution in [-0.4, -0.2) is 48.5 Å². The van der Waals surface area contributed by atoms with Crippen LogP contribution in [0, 0.1) is 23.2 Å². The number of rotatable bonds is 3. The summed E-state index contributed by atoms with van der Waals surface area (Å²) in [5.41, 5.74) is 1.20. The Bertz CT molecular complexity index is 777. The number of carbonyl (C=O) groups excluding carboxylic acids is 2. The van der Waals surface area contributed by atoms with Gasteiger partial charge in [-0.2, -0.15) is 0 Å². The molecule has 2 heterocycles. The molecule has 148 valence electrons. The van der Waals surface area contributed by atoms with E-state index in [4.69, 9.17) is 9.72 Å². The monoisotopic (exact) mass is 391 g/mol. The van der Waals surface area contributed by atoms with Gasteiger partial charge in [-0.15, -0.1) is 11.3 Å². The number of hydrogen-bond acceptors (Lipinski definition) is 6. The van der Waals surface area contributed by atoms with Crippen molar-refractivity contribution >= 4 is 28.3 Å². The Balaban J connectivity index is 1.61. The van der Waals surface area contributed by atoms with Crippen LogP contribution in [0.15, 0.2) is 0 Å². The third-order valence-electron chi connectivity index (χ3n) is 6.86. The number of ether oxygens (including phenoxy) is 1. The molecule has 4 rings (SSSR count). The van der Waals surface area contributed by atoms with Crippen LogP contribution in [0.1, 0.15) is 50.1 Å². The van der Waals surface area contributed by atoms with Gasteiger partial charge in [-0.1, -0.05) is 20.8 Å². The van der Waals surface area contributed by atoms with E-state index in [1.165, 1.54) is 4.88 Å². The molecule has 0 bridgehead atoms. The van der Waals surface area contributed by atoms with E-state index in [9.17, 15) is 9.59 Å². The number of hydrogen-bond donors (Lipinski definition) is 1. The molecule has 0 radical (unpaired) electrons. The molecule has 3 aliphatic rings. The lowest BCUT2D eigenvalue weighted by Gasteiger charge is -2.51. The Morgan fingerprint density at radius 2 is 2.11 bits per heavy atom. The summed E-state index contributed by atoms with van der Waals surface area (Å²) in [5.74, 6) is 0.774. The summed E-state index contributed by atoms with van der Waals surface area (Å²) in [6, 6.07) is 0. The van der Waals surface area contributed by atoms with Crippen molar-refractivity contribution in [2.75, 3.05) is 26.0 Å². The van der Waals surface area contributed by atoms with Gasteiger partial charge in [0, 0.05) is 22.6 Å². The molecule has 1 aliphatic heterocycles. The summed E-state index contributed by atoms with van der Waals surface area (Å²) >= 11 is 1.61. The zero-order chi connectivity index (χ0) is 19.5. The first-order chi connectivity index (χ1) is 12.7. The Morgan fingerprint density at radius 3 is 2.81 bits per heavy atom. The first-order valence-corrected chi connectivity index (χ1v) is 10.7. The second-order valence-corrected chi connectivity index (χ2v) is 10.2. The van der Waals surface area contributed by atoms with Crippen LogP contribution >= 0.6 is 11.3 Å². The normalized spacial score (nSPS) is 37.4. The molecule has 0 unspecified atom stereocenters. The van der Waals surface area contributed by atoms with E-state index in [0.717, 1.165) is 25.0 Å². The summed E-state index contributed by atoms with van der Waals surface area (Å²) in [6.45, 7) is 6.91. The number of likely N-dealkylation sites (N-methyl/N-ethyl adjacent to an activating group) is 1. The fraction of sp³-hybridized carbons (Fsp3) is 0.750. The molecule has 1 saturated carbocycles. The topological polar surface area (TPSA) is 71.5 Å². The van der Waals surface area contributed by atoms with E-state index in [1.807, 2.05) is 25.9 Å². The molecule has 2 aliphatic carbocycles. The molecule has 27 heavy (non-hydrogen) atoms. The van der Waals surface area contributed by atoms with Gasteiger partial charge < -0.3 is 15.0 Å². The van der Waals surface area contributed by atoms with Crippen molar-refractivity contribution in [1.29, 1.82) is 0 Å². The third kappa shape index (κ3) is 3.09. The molecule has 0 spiro atoms. The van der Waals surface area contributed by atoms with Gasteiger partial charge in [0.2, 0.25) is 5.91 Å². The second-order valence-electron chi connectivity index (χ2n) is 9.15. The number of nitrogens with one attached hydrogen (secondary N) is 1. The van der Waals surface area contributed by atoms with Crippen LogP contribution in [0.2, 0.25) is 0 Å². The van der Waals surface area contributed by atoms with E-state index < -0.39 is 0 Å². The van der Waals surface area contributed by atoms with Crippen LogP contribution in [-0.2, 0) is 20.7 Å². The van der Waals surface area contributed by atoms with Crippen molar-refractivity contribution in [3.05, 3.63) is 10.6 Å².